The summed E-state index contributed by atoms with van der Waals surface area (Å²) in [5.41, 5.74) is 0. The van der Waals surface area contributed by atoms with E-state index in [4.69, 9.17) is 21.1 Å². The number of carbonyl (C=O) groups excluding carboxylic acids is 1. The minimum absolute atomic E-state index is 0.186. The molecule has 0 unspecified atom stereocenters. The molecule has 1 atom stereocenters. The zero-order valence-electron chi connectivity index (χ0n) is 16.6. The molecule has 0 spiro atoms. The summed E-state index contributed by atoms with van der Waals surface area (Å²) in [5.74, 6) is 0.708. The second kappa shape index (κ2) is 10.5. The number of halogens is 1. The molecule has 2 rings (SSSR count). The molecule has 0 fully saturated rings. The Kier molecular flexibility index (Phi) is 8.31. The molecule has 2 aromatic carbocycles. The van der Waals surface area contributed by atoms with Crippen LogP contribution in [0.4, 0.5) is 0 Å². The van der Waals surface area contributed by atoms with Gasteiger partial charge in [0.1, 0.15) is 18.1 Å². The molecule has 0 aromatic heterocycles. The molecule has 0 aliphatic heterocycles. The van der Waals surface area contributed by atoms with Crippen LogP contribution < -0.4 is 14.8 Å². The summed E-state index contributed by atoms with van der Waals surface area (Å²) in [5, 5.41) is 3.21. The largest absolute Gasteiger partial charge is 0.492 e. The monoisotopic (exact) mass is 440 g/mol. The Morgan fingerprint density at radius 1 is 1.14 bits per heavy atom. The van der Waals surface area contributed by atoms with E-state index in [2.05, 4.69) is 5.32 Å². The molecule has 0 saturated heterocycles. The fourth-order valence-corrected chi connectivity index (χ4v) is 3.47. The molecule has 0 heterocycles. The second-order valence-corrected chi connectivity index (χ2v) is 8.90. The minimum Gasteiger partial charge on any atom is -0.492 e. The van der Waals surface area contributed by atoms with Crippen LogP contribution in [0.15, 0.2) is 53.4 Å². The molecule has 1 amide bonds. The number of hydrogen-bond donors (Lipinski definition) is 1. The van der Waals surface area contributed by atoms with E-state index in [-0.39, 0.29) is 24.0 Å². The van der Waals surface area contributed by atoms with Gasteiger partial charge in [0.2, 0.25) is 10.0 Å². The van der Waals surface area contributed by atoms with Gasteiger partial charge in [0.25, 0.3) is 5.91 Å². The fraction of sp³-hybridized carbons (Fsp3) is 0.350. The predicted octanol–water partition coefficient (Wildman–Crippen LogP) is 2.94. The van der Waals surface area contributed by atoms with E-state index >= 15 is 0 Å². The van der Waals surface area contributed by atoms with Gasteiger partial charge in [-0.2, -0.15) is 0 Å². The normalized spacial score (nSPS) is 12.4. The van der Waals surface area contributed by atoms with Crippen molar-refractivity contribution < 1.29 is 22.7 Å². The molecule has 29 heavy (non-hydrogen) atoms. The van der Waals surface area contributed by atoms with Gasteiger partial charge in [-0.15, -0.1) is 0 Å². The van der Waals surface area contributed by atoms with Crippen LogP contribution in [-0.4, -0.2) is 52.0 Å². The lowest BCUT2D eigenvalue weighted by molar-refractivity contribution is -0.128. The summed E-state index contributed by atoms with van der Waals surface area (Å²) in [6.45, 7) is 2.36. The first-order valence-corrected chi connectivity index (χ1v) is 10.9. The molecule has 0 radical (unpaired) electrons. The topological polar surface area (TPSA) is 84.9 Å². The number of rotatable bonds is 10. The zero-order chi connectivity index (χ0) is 21.4. The molecule has 0 saturated carbocycles. The third-order valence-electron chi connectivity index (χ3n) is 4.04. The van der Waals surface area contributed by atoms with E-state index in [1.165, 1.54) is 26.2 Å². The van der Waals surface area contributed by atoms with Crippen molar-refractivity contribution in [3.8, 4) is 11.5 Å². The highest BCUT2D eigenvalue weighted by molar-refractivity contribution is 7.89. The zero-order valence-corrected chi connectivity index (χ0v) is 18.2. The van der Waals surface area contributed by atoms with Gasteiger partial charge < -0.3 is 14.8 Å². The highest BCUT2D eigenvalue weighted by Crippen LogP contribution is 2.24. The average molecular weight is 441 g/mol. The SMILES string of the molecule is CC[C@H](Oc1ccccc1Cl)C(=O)NCCOc1ccc(S(=O)(=O)N(C)C)cc1. The van der Waals surface area contributed by atoms with Gasteiger partial charge in [0.05, 0.1) is 16.5 Å². The van der Waals surface area contributed by atoms with Crippen LogP contribution in [-0.2, 0) is 14.8 Å². The Labute approximate surface area is 176 Å². The number of nitrogens with zero attached hydrogens (tertiary/aromatic N) is 1. The van der Waals surface area contributed by atoms with E-state index < -0.39 is 16.1 Å². The van der Waals surface area contributed by atoms with Gasteiger partial charge >= 0.3 is 0 Å². The molecule has 7 nitrogen and oxygen atoms in total. The van der Waals surface area contributed by atoms with Crippen molar-refractivity contribution in [1.29, 1.82) is 0 Å². The molecule has 0 aliphatic rings. The number of nitrogens with one attached hydrogen (secondary N) is 1. The second-order valence-electron chi connectivity index (χ2n) is 6.34. The Morgan fingerprint density at radius 2 is 1.79 bits per heavy atom. The highest BCUT2D eigenvalue weighted by Gasteiger charge is 2.19. The van der Waals surface area contributed by atoms with E-state index in [1.54, 1.807) is 36.4 Å². The van der Waals surface area contributed by atoms with Gasteiger partial charge in [-0.25, -0.2) is 12.7 Å². The summed E-state index contributed by atoms with van der Waals surface area (Å²) < 4.78 is 36.5. The van der Waals surface area contributed by atoms with Crippen LogP contribution in [0.25, 0.3) is 0 Å². The van der Waals surface area contributed by atoms with E-state index in [9.17, 15) is 13.2 Å². The number of ether oxygens (including phenoxy) is 2. The molecule has 0 aliphatic carbocycles. The summed E-state index contributed by atoms with van der Waals surface area (Å²) in [7, 11) is -0.527. The maximum Gasteiger partial charge on any atom is 0.261 e. The third kappa shape index (κ3) is 6.35. The molecule has 158 valence electrons. The summed E-state index contributed by atoms with van der Waals surface area (Å²) in [6.07, 6.45) is -0.176. The molecule has 2 aromatic rings. The molecule has 1 N–H and O–H groups in total. The van der Waals surface area contributed by atoms with Crippen LogP contribution >= 0.6 is 11.6 Å². The van der Waals surface area contributed by atoms with Crippen LogP contribution in [0.2, 0.25) is 5.02 Å². The maximum atomic E-state index is 12.3. The molecular weight excluding hydrogens is 416 g/mol. The van der Waals surface area contributed by atoms with Crippen molar-refractivity contribution in [3.63, 3.8) is 0 Å². The van der Waals surface area contributed by atoms with Crippen molar-refractivity contribution in [3.05, 3.63) is 53.6 Å². The van der Waals surface area contributed by atoms with Crippen LogP contribution in [0.1, 0.15) is 13.3 Å². The van der Waals surface area contributed by atoms with Crippen molar-refractivity contribution >= 4 is 27.5 Å². The minimum atomic E-state index is -3.47. The smallest absolute Gasteiger partial charge is 0.261 e. The Morgan fingerprint density at radius 3 is 2.38 bits per heavy atom. The number of amides is 1. The van der Waals surface area contributed by atoms with Crippen molar-refractivity contribution in [1.82, 2.24) is 9.62 Å². The van der Waals surface area contributed by atoms with E-state index in [1.807, 2.05) is 6.92 Å². The first-order valence-electron chi connectivity index (χ1n) is 9.10. The maximum absolute atomic E-state index is 12.3. The Balaban J connectivity index is 1.82. The molecule has 0 bridgehead atoms. The van der Waals surface area contributed by atoms with E-state index in [0.29, 0.717) is 22.9 Å². The van der Waals surface area contributed by atoms with Gasteiger partial charge in [0.15, 0.2) is 6.10 Å². The molecule has 9 heteroatoms. The summed E-state index contributed by atoms with van der Waals surface area (Å²) in [4.78, 5) is 12.5. The van der Waals surface area contributed by atoms with E-state index in [0.717, 1.165) is 4.31 Å². The highest BCUT2D eigenvalue weighted by atomic mass is 35.5. The molecular formula is C20H25ClN2O5S. The van der Waals surface area contributed by atoms with Gasteiger partial charge in [0, 0.05) is 14.1 Å². The lowest BCUT2D eigenvalue weighted by Gasteiger charge is -2.18. The number of para-hydroxylation sites is 1. The van der Waals surface area contributed by atoms with Crippen LogP contribution in [0.5, 0.6) is 11.5 Å². The fourth-order valence-electron chi connectivity index (χ4n) is 2.39. The third-order valence-corrected chi connectivity index (χ3v) is 6.18. The first kappa shape index (κ1) is 23.0. The van der Waals surface area contributed by atoms with Gasteiger partial charge in [-0.05, 0) is 42.8 Å². The summed E-state index contributed by atoms with van der Waals surface area (Å²) >= 11 is 6.06. The van der Waals surface area contributed by atoms with Gasteiger partial charge in [-0.1, -0.05) is 30.7 Å². The Bertz CT molecular complexity index is 917. The standard InChI is InChI=1S/C20H25ClN2O5S/c1-4-18(28-19-8-6-5-7-17(19)21)20(24)22-13-14-27-15-9-11-16(12-10-15)29(25,26)23(2)3/h5-12,18H,4,13-14H2,1-3H3,(H,22,24)/t18-/m0/s1. The number of hydrogen-bond acceptors (Lipinski definition) is 5. The lowest BCUT2D eigenvalue weighted by atomic mass is 10.2. The summed E-state index contributed by atoms with van der Waals surface area (Å²) in [6, 6.07) is 13.1. The lowest BCUT2D eigenvalue weighted by Crippen LogP contribution is -2.39. The van der Waals surface area contributed by atoms with Crippen LogP contribution in [0.3, 0.4) is 0 Å². The quantitative estimate of drug-likeness (QED) is 0.574. The first-order chi connectivity index (χ1) is 13.8. The average Bonchev–Trinajstić information content (AvgIpc) is 2.70. The van der Waals surface area contributed by atoms with Crippen molar-refractivity contribution in [2.45, 2.75) is 24.3 Å². The number of sulfonamides is 1. The van der Waals surface area contributed by atoms with Crippen molar-refractivity contribution in [2.75, 3.05) is 27.2 Å². The number of benzene rings is 2. The predicted molar refractivity (Wildman–Crippen MR) is 112 cm³/mol. The van der Waals surface area contributed by atoms with Crippen molar-refractivity contribution in [2.24, 2.45) is 0 Å². The Hall–Kier alpha value is -2.29. The van der Waals surface area contributed by atoms with Crippen LogP contribution in [0, 0.1) is 0 Å². The van der Waals surface area contributed by atoms with Gasteiger partial charge in [-0.3, -0.25) is 4.79 Å². The number of carbonyl (C=O) groups is 1.